The highest BCUT2D eigenvalue weighted by atomic mass is 16.5. The summed E-state index contributed by atoms with van der Waals surface area (Å²) in [4.78, 5) is 12.8. The number of nitrogens with zero attached hydrogens (tertiary/aromatic N) is 5. The van der Waals surface area contributed by atoms with Crippen molar-refractivity contribution in [3.63, 3.8) is 0 Å². The molecule has 0 saturated heterocycles. The van der Waals surface area contributed by atoms with Gasteiger partial charge in [0.25, 0.3) is 5.91 Å². The zero-order chi connectivity index (χ0) is 18.4. The van der Waals surface area contributed by atoms with Gasteiger partial charge in [-0.1, -0.05) is 6.07 Å². The molecule has 4 heterocycles. The molecule has 2 atom stereocenters. The number of hydrogen-bond donors (Lipinski definition) is 1. The minimum Gasteiger partial charge on any atom is -0.369 e. The first-order valence-electron chi connectivity index (χ1n) is 8.73. The predicted octanol–water partition coefficient (Wildman–Crippen LogP) is 1.72. The molecule has 3 aromatic heterocycles. The van der Waals surface area contributed by atoms with Gasteiger partial charge in [0.15, 0.2) is 17.2 Å². The molecule has 3 aromatic rings. The Kier molecular flexibility index (Phi) is 3.99. The van der Waals surface area contributed by atoms with Crippen LogP contribution in [0.4, 0.5) is 0 Å². The third-order valence-electron chi connectivity index (χ3n) is 4.75. The van der Waals surface area contributed by atoms with Crippen LogP contribution in [-0.2, 0) is 24.8 Å². The van der Waals surface area contributed by atoms with E-state index in [0.29, 0.717) is 17.9 Å². The topological polar surface area (TPSA) is 86.3 Å². The van der Waals surface area contributed by atoms with Crippen LogP contribution >= 0.6 is 0 Å². The molecule has 0 unspecified atom stereocenters. The van der Waals surface area contributed by atoms with Gasteiger partial charge in [-0.05, 0) is 32.4 Å². The molecule has 0 saturated carbocycles. The van der Waals surface area contributed by atoms with Gasteiger partial charge < -0.3 is 10.1 Å². The van der Waals surface area contributed by atoms with Gasteiger partial charge in [0.1, 0.15) is 0 Å². The molecule has 4 rings (SSSR count). The van der Waals surface area contributed by atoms with Crippen molar-refractivity contribution in [1.82, 2.24) is 29.7 Å². The molecule has 136 valence electrons. The molecule has 8 nitrogen and oxygen atoms in total. The summed E-state index contributed by atoms with van der Waals surface area (Å²) in [6, 6.07) is 3.89. The highest BCUT2D eigenvalue weighted by Gasteiger charge is 2.31. The minimum absolute atomic E-state index is 0.0664. The molecule has 1 N–H and O–H groups in total. The molecule has 0 bridgehead atoms. The van der Waals surface area contributed by atoms with E-state index in [0.717, 1.165) is 22.5 Å². The maximum atomic E-state index is 12.8. The highest BCUT2D eigenvalue weighted by molar-refractivity contribution is 5.94. The number of ether oxygens (including phenoxy) is 1. The Bertz CT molecular complexity index is 989. The molecular formula is C18H22N6O2. The Morgan fingerprint density at radius 3 is 2.96 bits per heavy atom. The fraction of sp³-hybridized carbons (Fsp3) is 0.444. The molecule has 0 aromatic carbocycles. The van der Waals surface area contributed by atoms with E-state index in [4.69, 9.17) is 4.74 Å². The number of aromatic nitrogens is 5. The zero-order valence-corrected chi connectivity index (χ0v) is 15.4. The largest absolute Gasteiger partial charge is 0.369 e. The number of pyridine rings is 1. The van der Waals surface area contributed by atoms with Crippen LogP contribution in [0.25, 0.3) is 5.65 Å². The number of amides is 1. The summed E-state index contributed by atoms with van der Waals surface area (Å²) in [7, 11) is 1.85. The lowest BCUT2D eigenvalue weighted by atomic mass is 9.99. The molecule has 1 amide bonds. The molecule has 8 heteroatoms. The summed E-state index contributed by atoms with van der Waals surface area (Å²) in [5.41, 5.74) is 4.27. The van der Waals surface area contributed by atoms with Gasteiger partial charge in [0, 0.05) is 25.2 Å². The average molecular weight is 354 g/mol. The number of carbonyl (C=O) groups is 1. The Morgan fingerprint density at radius 2 is 2.15 bits per heavy atom. The van der Waals surface area contributed by atoms with Crippen LogP contribution in [0.1, 0.15) is 53.1 Å². The number of hydrogen-bond acceptors (Lipinski definition) is 5. The molecular weight excluding hydrogens is 332 g/mol. The lowest BCUT2D eigenvalue weighted by Crippen LogP contribution is -2.28. The van der Waals surface area contributed by atoms with Crippen molar-refractivity contribution < 1.29 is 9.53 Å². The van der Waals surface area contributed by atoms with Crippen LogP contribution in [-0.4, -0.2) is 36.4 Å². The second kappa shape index (κ2) is 6.21. The maximum absolute atomic E-state index is 12.8. The third-order valence-corrected chi connectivity index (χ3v) is 4.75. The average Bonchev–Trinajstić information content (AvgIpc) is 3.13. The standard InChI is InChI=1S/C18H22N6O2/c1-10-5-6-14-20-21-15(24(14)9-10)8-19-18(25)16-13-7-11(2)26-12(3)17(13)23(4)22-16/h5-6,9,11-12H,7-8H2,1-4H3,(H,19,25)/t11-,12+/m1/s1. The SMILES string of the molecule is Cc1ccc2nnc(CNC(=O)c3nn(C)c4c3C[C@@H](C)O[C@H]4C)n2c1. The monoisotopic (exact) mass is 354 g/mol. The van der Waals surface area contributed by atoms with Crippen molar-refractivity contribution in [3.05, 3.63) is 46.7 Å². The van der Waals surface area contributed by atoms with Gasteiger partial charge in [0.2, 0.25) is 0 Å². The van der Waals surface area contributed by atoms with E-state index in [1.165, 1.54) is 0 Å². The van der Waals surface area contributed by atoms with Crippen molar-refractivity contribution in [3.8, 4) is 0 Å². The number of rotatable bonds is 3. The van der Waals surface area contributed by atoms with Crippen LogP contribution in [0.3, 0.4) is 0 Å². The van der Waals surface area contributed by atoms with Crippen molar-refractivity contribution in [1.29, 1.82) is 0 Å². The van der Waals surface area contributed by atoms with Crippen LogP contribution in [0.15, 0.2) is 18.3 Å². The summed E-state index contributed by atoms with van der Waals surface area (Å²) in [5.74, 6) is 0.486. The van der Waals surface area contributed by atoms with E-state index >= 15 is 0 Å². The van der Waals surface area contributed by atoms with Crippen LogP contribution in [0.2, 0.25) is 0 Å². The molecule has 26 heavy (non-hydrogen) atoms. The van der Waals surface area contributed by atoms with Gasteiger partial charge in [-0.2, -0.15) is 5.10 Å². The van der Waals surface area contributed by atoms with Crippen molar-refractivity contribution in [2.45, 2.75) is 45.9 Å². The van der Waals surface area contributed by atoms with Crippen LogP contribution in [0, 0.1) is 6.92 Å². The second-order valence-electron chi connectivity index (χ2n) is 6.86. The van der Waals surface area contributed by atoms with Crippen molar-refractivity contribution in [2.24, 2.45) is 7.05 Å². The lowest BCUT2D eigenvalue weighted by Gasteiger charge is -2.26. The van der Waals surface area contributed by atoms with Crippen LogP contribution in [0.5, 0.6) is 0 Å². The first kappa shape index (κ1) is 16.7. The molecule has 0 spiro atoms. The first-order valence-corrected chi connectivity index (χ1v) is 8.73. The molecule has 1 aliphatic rings. The zero-order valence-electron chi connectivity index (χ0n) is 15.4. The maximum Gasteiger partial charge on any atom is 0.272 e. The Balaban J connectivity index is 1.57. The molecule has 0 aliphatic carbocycles. The van der Waals surface area contributed by atoms with Crippen LogP contribution < -0.4 is 5.32 Å². The van der Waals surface area contributed by atoms with Gasteiger partial charge in [-0.3, -0.25) is 13.9 Å². The minimum atomic E-state index is -0.201. The third kappa shape index (κ3) is 2.76. The Labute approximate surface area is 151 Å². The second-order valence-corrected chi connectivity index (χ2v) is 6.86. The van der Waals surface area contributed by atoms with Crippen molar-refractivity contribution in [2.75, 3.05) is 0 Å². The van der Waals surface area contributed by atoms with Gasteiger partial charge in [0.05, 0.1) is 24.4 Å². The summed E-state index contributed by atoms with van der Waals surface area (Å²) in [5, 5.41) is 15.7. The number of fused-ring (bicyclic) bond motifs is 2. The molecule has 1 aliphatic heterocycles. The molecule has 0 fully saturated rings. The highest BCUT2D eigenvalue weighted by Crippen LogP contribution is 2.31. The van der Waals surface area contributed by atoms with E-state index in [-0.39, 0.29) is 24.7 Å². The van der Waals surface area contributed by atoms with Crippen molar-refractivity contribution >= 4 is 11.6 Å². The van der Waals surface area contributed by atoms with E-state index in [9.17, 15) is 4.79 Å². The summed E-state index contributed by atoms with van der Waals surface area (Å²) in [6.45, 7) is 6.30. The normalized spacial score (nSPS) is 19.5. The number of carbonyl (C=O) groups excluding carboxylic acids is 1. The number of nitrogens with one attached hydrogen (secondary N) is 1. The van der Waals surface area contributed by atoms with E-state index in [1.54, 1.807) is 4.68 Å². The number of aryl methyl sites for hydroxylation is 2. The fourth-order valence-corrected chi connectivity index (χ4v) is 3.63. The summed E-state index contributed by atoms with van der Waals surface area (Å²) in [6.07, 6.45) is 2.64. The first-order chi connectivity index (χ1) is 12.4. The van der Waals surface area contributed by atoms with E-state index in [2.05, 4.69) is 20.6 Å². The van der Waals surface area contributed by atoms with E-state index < -0.39 is 0 Å². The van der Waals surface area contributed by atoms with Gasteiger partial charge >= 0.3 is 0 Å². The van der Waals surface area contributed by atoms with Gasteiger partial charge in [-0.15, -0.1) is 10.2 Å². The Morgan fingerprint density at radius 1 is 1.35 bits per heavy atom. The predicted molar refractivity (Wildman–Crippen MR) is 94.8 cm³/mol. The van der Waals surface area contributed by atoms with Gasteiger partial charge in [-0.25, -0.2) is 0 Å². The molecule has 0 radical (unpaired) electrons. The summed E-state index contributed by atoms with van der Waals surface area (Å²) >= 11 is 0. The fourth-order valence-electron chi connectivity index (χ4n) is 3.63. The van der Waals surface area contributed by atoms with E-state index in [1.807, 2.05) is 50.5 Å². The summed E-state index contributed by atoms with van der Waals surface area (Å²) < 4.78 is 9.49. The lowest BCUT2D eigenvalue weighted by molar-refractivity contribution is -0.00903. The quantitative estimate of drug-likeness (QED) is 0.774. The smallest absolute Gasteiger partial charge is 0.272 e. The Hall–Kier alpha value is -2.74.